The van der Waals surface area contributed by atoms with Crippen LogP contribution in [0.2, 0.25) is 0 Å². The topological polar surface area (TPSA) is 281 Å². The molecule has 0 radical (unpaired) electrons. The lowest BCUT2D eigenvalue weighted by atomic mass is 10.1. The molecule has 0 saturated heterocycles. The smallest absolute Gasteiger partial charge is 0.279 e. The van der Waals surface area contributed by atoms with E-state index in [2.05, 4.69) is 181 Å². The van der Waals surface area contributed by atoms with Crippen molar-refractivity contribution in [1.82, 2.24) is 69.3 Å². The van der Waals surface area contributed by atoms with Gasteiger partial charge in [-0.25, -0.2) is 34.9 Å². The number of hydrogen-bond donors (Lipinski definition) is 6. The normalized spacial score (nSPS) is 15.7. The van der Waals surface area contributed by atoms with E-state index in [4.69, 9.17) is 17.2 Å². The van der Waals surface area contributed by atoms with Gasteiger partial charge in [0.2, 0.25) is 0 Å². The molecule has 4 aliphatic heterocycles. The number of nitrogens with zero attached hydrogens (tertiary/aromatic N) is 13. The van der Waals surface area contributed by atoms with Gasteiger partial charge in [-0.3, -0.25) is 14.4 Å². The highest BCUT2D eigenvalue weighted by molar-refractivity contribution is 5.97. The fraction of sp³-hybridized carbons (Fsp3) is 0.492. The van der Waals surface area contributed by atoms with Gasteiger partial charge in [-0.05, 0) is 151 Å². The number of imidazole rings is 2. The summed E-state index contributed by atoms with van der Waals surface area (Å²) in [5.41, 5.74) is 20.6. The van der Waals surface area contributed by atoms with Crippen molar-refractivity contribution < 1.29 is 9.59 Å². The number of aliphatic imine (C=N–C) groups is 2. The van der Waals surface area contributed by atoms with Crippen LogP contribution in [-0.4, -0.2) is 104 Å². The number of nitrogens with one attached hydrogen (secondary N) is 3. The number of amidine groups is 2. The molecule has 4 aliphatic rings. The molecular formula is C59H97N19O3. The molecule has 0 saturated carbocycles. The Morgan fingerprint density at radius 3 is 1.44 bits per heavy atom. The van der Waals surface area contributed by atoms with Crippen molar-refractivity contribution >= 4 is 51.6 Å². The van der Waals surface area contributed by atoms with Gasteiger partial charge in [-0.2, -0.15) is 0 Å². The first-order valence-electron chi connectivity index (χ1n) is 25.7. The van der Waals surface area contributed by atoms with Gasteiger partial charge in [-0.1, -0.05) is 41.2 Å². The lowest BCUT2D eigenvalue weighted by Crippen LogP contribution is -2.46. The largest absolute Gasteiger partial charge is 0.384 e. The Kier molecular flexibility index (Phi) is 23.4. The third-order valence-electron chi connectivity index (χ3n) is 11.6. The van der Waals surface area contributed by atoms with Crippen LogP contribution in [0.3, 0.4) is 0 Å². The summed E-state index contributed by atoms with van der Waals surface area (Å²) >= 11 is 0. The highest BCUT2D eigenvalue weighted by Gasteiger charge is 2.28. The summed E-state index contributed by atoms with van der Waals surface area (Å²) in [4.78, 5) is 73.1. The van der Waals surface area contributed by atoms with Crippen molar-refractivity contribution in [3.05, 3.63) is 133 Å². The number of H-pyrrole nitrogens is 1. The Labute approximate surface area is 482 Å². The minimum absolute atomic E-state index is 0. The van der Waals surface area contributed by atoms with E-state index in [1.165, 1.54) is 12.4 Å². The summed E-state index contributed by atoms with van der Waals surface area (Å²) in [6.45, 7) is 58.1. The Balaban J connectivity index is 0.000000485. The molecule has 8 heterocycles. The predicted molar refractivity (Wildman–Crippen MR) is 334 cm³/mol. The minimum atomic E-state index is -0.180. The van der Waals surface area contributed by atoms with Crippen molar-refractivity contribution in [2.75, 3.05) is 5.73 Å². The van der Waals surface area contributed by atoms with Crippen LogP contribution in [0.1, 0.15) is 159 Å². The summed E-state index contributed by atoms with van der Waals surface area (Å²) in [6, 6.07) is 0. The van der Waals surface area contributed by atoms with Gasteiger partial charge < -0.3 is 61.6 Å². The first kappa shape index (κ1) is 70.7. The second kappa shape index (κ2) is 26.8. The number of hydrogen-bond acceptors (Lipinski definition) is 17. The molecule has 0 bridgehead atoms. The number of aryl methyl sites for hydroxylation is 1. The van der Waals surface area contributed by atoms with E-state index in [1.807, 2.05) is 75.0 Å². The van der Waals surface area contributed by atoms with Crippen LogP contribution >= 0.6 is 0 Å². The Bertz CT molecular complexity index is 3180. The average molecular weight is 1120 g/mol. The fourth-order valence-electron chi connectivity index (χ4n) is 7.46. The first-order valence-corrected chi connectivity index (χ1v) is 25.7. The van der Waals surface area contributed by atoms with Crippen LogP contribution < -0.4 is 33.4 Å². The molecule has 22 heteroatoms. The number of carbonyl (C=O) groups excluding carboxylic acids is 2. The van der Waals surface area contributed by atoms with E-state index in [0.717, 1.165) is 11.2 Å². The molecule has 446 valence electrons. The maximum atomic E-state index is 11.6. The number of anilines is 1. The van der Waals surface area contributed by atoms with E-state index in [0.29, 0.717) is 68.9 Å². The van der Waals surface area contributed by atoms with Crippen LogP contribution in [0.4, 0.5) is 5.82 Å². The first-order chi connectivity index (χ1) is 35.9. The average Bonchev–Trinajstić information content (AvgIpc) is 3.93. The predicted octanol–water partition coefficient (Wildman–Crippen LogP) is 9.69. The summed E-state index contributed by atoms with van der Waals surface area (Å²) in [7, 11) is 0. The lowest BCUT2D eigenvalue weighted by molar-refractivity contribution is -0.118. The third-order valence-corrected chi connectivity index (χ3v) is 11.6. The van der Waals surface area contributed by atoms with Crippen LogP contribution in [0.15, 0.2) is 131 Å². The summed E-state index contributed by atoms with van der Waals surface area (Å²) in [5.74, 6) is 4.62. The van der Waals surface area contributed by atoms with Gasteiger partial charge in [0, 0.05) is 75.3 Å². The molecule has 4 aromatic rings. The second-order valence-electron chi connectivity index (χ2n) is 24.9. The molecule has 8 rings (SSSR count). The molecular weight excluding hydrogens is 1020 g/mol. The van der Waals surface area contributed by atoms with Gasteiger partial charge >= 0.3 is 0 Å². The lowest BCUT2D eigenvalue weighted by Gasteiger charge is -2.38. The van der Waals surface area contributed by atoms with E-state index in [-0.39, 0.29) is 65.5 Å². The highest BCUT2D eigenvalue weighted by atomic mass is 16.2. The number of carbonyl (C=O) groups is 2. The maximum Gasteiger partial charge on any atom is 0.279 e. The third kappa shape index (κ3) is 19.5. The van der Waals surface area contributed by atoms with E-state index >= 15 is 0 Å². The molecule has 0 atom stereocenters. The number of fused-ring (bicyclic) bond motifs is 2. The number of aromatic amines is 1. The van der Waals surface area contributed by atoms with Gasteiger partial charge in [0.25, 0.3) is 17.4 Å². The van der Waals surface area contributed by atoms with Crippen molar-refractivity contribution in [3.8, 4) is 0 Å². The molecule has 9 N–H and O–H groups in total. The summed E-state index contributed by atoms with van der Waals surface area (Å²) in [6.07, 6.45) is 15.6. The van der Waals surface area contributed by atoms with Crippen molar-refractivity contribution in [2.45, 2.75) is 193 Å². The van der Waals surface area contributed by atoms with Gasteiger partial charge in [0.05, 0.1) is 12.7 Å². The van der Waals surface area contributed by atoms with E-state index < -0.39 is 0 Å². The number of aromatic nitrogens is 8. The zero-order valence-corrected chi connectivity index (χ0v) is 50.8. The molecule has 0 unspecified atom stereocenters. The molecule has 0 fully saturated rings. The molecule has 0 aliphatic carbocycles. The molecule has 0 spiro atoms. The van der Waals surface area contributed by atoms with Gasteiger partial charge in [0.1, 0.15) is 52.6 Å². The standard InChI is InChI=1S/C10H14N4O.C10H17N3.C10H16N2O.C9H13N5.C9H15N3.C9H14N2O.2CH4/c1-6-12-8-7(9(15)13-6)11-5-14(8)10(2,3)4;1-7-6-13(10(3,4)5)8(2)12-9(7)11;1-7-6-12(10(3,4)5)8(2)11-9(7)13;1-9(2,3)14-5-13-6-7(10)11-4-12-8(6)14;1-7-11-8(10)5-6-12(7)9(2,3)4;1-7-10-8(12)5-6-11(7)9(2,3)4;;/h5H,1-4H3,(H,12,13,15);6H,2H2,1,3-5H3,(H2,11,12);6H,2H2,1,3-5H3,(H,11,13);4-5H,1-3H3,(H2,10,11,12);5-6H,1H2,2-4H3,(H2,10,11);5-6H,1H2,2-4H3,(H,10,12);2*1H4. The van der Waals surface area contributed by atoms with Crippen molar-refractivity contribution in [3.63, 3.8) is 0 Å². The van der Waals surface area contributed by atoms with Crippen LogP contribution in [-0.2, 0) is 20.7 Å². The molecule has 2 amide bonds. The number of nitrogen functional groups attached to an aromatic ring is 1. The Morgan fingerprint density at radius 1 is 0.506 bits per heavy atom. The van der Waals surface area contributed by atoms with Gasteiger partial charge in [-0.15, -0.1) is 0 Å². The van der Waals surface area contributed by atoms with Crippen LogP contribution in [0, 0.1) is 6.92 Å². The van der Waals surface area contributed by atoms with E-state index in [9.17, 15) is 14.4 Å². The summed E-state index contributed by atoms with van der Waals surface area (Å²) in [5, 5.41) is 5.35. The molecule has 81 heavy (non-hydrogen) atoms. The SMILES string of the molecule is C.C.C=C1N=C(N)C(C)=CN1C(C)(C)C.C=C1N=C(N)C=CN1C(C)(C)C.C=C1NC(=O)C(C)=CN1C(C)(C)C.C=C1NC(=O)C=CN1C(C)(C)C.CC(C)(C)n1cnc2c(N)ncnc21.Cc1nc2c(ncn2C(C)(C)C)c(=O)[nH]1. The van der Waals surface area contributed by atoms with Crippen LogP contribution in [0.25, 0.3) is 22.3 Å². The quantitative estimate of drug-likeness (QED) is 0.0956. The fourth-order valence-corrected chi connectivity index (χ4v) is 7.46. The molecule has 22 nitrogen and oxygen atoms in total. The minimum Gasteiger partial charge on any atom is -0.384 e. The Hall–Kier alpha value is -8.30. The Morgan fingerprint density at radius 2 is 0.963 bits per heavy atom. The highest BCUT2D eigenvalue weighted by Crippen LogP contribution is 2.27. The second-order valence-corrected chi connectivity index (χ2v) is 24.9. The van der Waals surface area contributed by atoms with E-state index in [1.54, 1.807) is 38.8 Å². The van der Waals surface area contributed by atoms with Crippen molar-refractivity contribution in [1.29, 1.82) is 0 Å². The van der Waals surface area contributed by atoms with Crippen molar-refractivity contribution in [2.24, 2.45) is 21.5 Å². The number of rotatable bonds is 0. The molecule has 0 aromatic carbocycles. The summed E-state index contributed by atoms with van der Waals surface area (Å²) < 4.78 is 3.89. The molecule has 4 aromatic heterocycles. The number of amides is 2. The maximum absolute atomic E-state index is 11.6. The zero-order valence-electron chi connectivity index (χ0n) is 50.8. The van der Waals surface area contributed by atoms with Gasteiger partial charge in [0.15, 0.2) is 22.6 Å². The number of nitrogens with two attached hydrogens (primary N) is 3. The van der Waals surface area contributed by atoms with Crippen LogP contribution in [0.5, 0.6) is 0 Å². The monoisotopic (exact) mass is 1120 g/mol. The zero-order chi connectivity index (χ0) is 60.7.